The Hall–Kier alpha value is -5.35. The molecule has 2 heterocycles. The molecule has 0 spiro atoms. The molecule has 0 saturated carbocycles. The van der Waals surface area contributed by atoms with Gasteiger partial charge in [-0.3, -0.25) is 0 Å². The Morgan fingerprint density at radius 3 is 1.98 bits per heavy atom. The van der Waals surface area contributed by atoms with E-state index < -0.39 is 0 Å². The first-order valence-corrected chi connectivity index (χ1v) is 15.3. The highest BCUT2D eigenvalue weighted by atomic mass is 15.3. The Balaban J connectivity index is 1.35. The average molecular weight is 574 g/mol. The second-order valence-corrected chi connectivity index (χ2v) is 11.8. The Morgan fingerprint density at radius 1 is 0.773 bits per heavy atom. The predicted molar refractivity (Wildman–Crippen MR) is 186 cm³/mol. The summed E-state index contributed by atoms with van der Waals surface area (Å²) in [6.07, 6.45) is 10.5. The number of anilines is 4. The van der Waals surface area contributed by atoms with E-state index in [0.717, 1.165) is 17.1 Å². The van der Waals surface area contributed by atoms with Gasteiger partial charge < -0.3 is 15.1 Å². The monoisotopic (exact) mass is 573 g/mol. The quantitative estimate of drug-likeness (QED) is 0.152. The topological polar surface area (TPSA) is 22.4 Å². The van der Waals surface area contributed by atoms with Gasteiger partial charge in [0.05, 0.1) is 22.7 Å². The fourth-order valence-electron chi connectivity index (χ4n) is 6.35. The van der Waals surface area contributed by atoms with E-state index in [4.69, 9.17) is 0 Å². The van der Waals surface area contributed by atoms with E-state index in [-0.39, 0.29) is 6.17 Å². The second kappa shape index (κ2) is 11.4. The van der Waals surface area contributed by atoms with E-state index in [1.54, 1.807) is 0 Å². The van der Waals surface area contributed by atoms with Gasteiger partial charge in [-0.05, 0) is 45.5 Å². The zero-order valence-electron chi connectivity index (χ0n) is 25.5. The van der Waals surface area contributed by atoms with Crippen LogP contribution in [0, 0.1) is 5.92 Å². The number of rotatable bonds is 7. The van der Waals surface area contributed by atoms with Crippen LogP contribution in [0.2, 0.25) is 0 Å². The number of para-hydroxylation sites is 2. The van der Waals surface area contributed by atoms with Gasteiger partial charge in [0.25, 0.3) is 0 Å². The molecule has 216 valence electrons. The second-order valence-electron chi connectivity index (χ2n) is 11.8. The van der Waals surface area contributed by atoms with Gasteiger partial charge >= 0.3 is 0 Å². The zero-order valence-corrected chi connectivity index (χ0v) is 25.5. The van der Waals surface area contributed by atoms with E-state index in [1.165, 1.54) is 43.9 Å². The van der Waals surface area contributed by atoms with Gasteiger partial charge in [0.1, 0.15) is 13.2 Å². The summed E-state index contributed by atoms with van der Waals surface area (Å²) in [4.78, 5) is 4.55. The SMILES string of the molecule is C=CN(C=CC(C)C)c1c2ccccc2c(-c2ccc(C3Nc4ccccc4N3c3cc[n+](C)cc3)cc2)c2ccccc12. The van der Waals surface area contributed by atoms with Crippen molar-refractivity contribution in [1.29, 1.82) is 0 Å². The average Bonchev–Trinajstić information content (AvgIpc) is 3.44. The first-order valence-electron chi connectivity index (χ1n) is 15.3. The van der Waals surface area contributed by atoms with Crippen molar-refractivity contribution < 1.29 is 4.57 Å². The minimum absolute atomic E-state index is 0.0149. The van der Waals surface area contributed by atoms with E-state index in [1.807, 2.05) is 13.2 Å². The van der Waals surface area contributed by atoms with Crippen molar-refractivity contribution in [3.63, 3.8) is 0 Å². The molecule has 1 aliphatic rings. The first kappa shape index (κ1) is 27.5. The molecule has 7 rings (SSSR count). The van der Waals surface area contributed by atoms with Gasteiger partial charge in [0, 0.05) is 35.3 Å². The smallest absolute Gasteiger partial charge is 0.170 e. The molecule has 0 saturated heterocycles. The Kier molecular flexibility index (Phi) is 7.11. The van der Waals surface area contributed by atoms with E-state index in [2.05, 4.69) is 174 Å². The van der Waals surface area contributed by atoms with Crippen LogP contribution in [0.1, 0.15) is 25.6 Å². The highest BCUT2D eigenvalue weighted by molar-refractivity contribution is 6.21. The third kappa shape index (κ3) is 4.79. The van der Waals surface area contributed by atoms with Gasteiger partial charge in [-0.15, -0.1) is 0 Å². The third-order valence-corrected chi connectivity index (χ3v) is 8.46. The van der Waals surface area contributed by atoms with Crippen LogP contribution >= 0.6 is 0 Å². The van der Waals surface area contributed by atoms with E-state index in [9.17, 15) is 0 Å². The highest BCUT2D eigenvalue weighted by Crippen LogP contribution is 2.47. The molecular formula is C40H37N4+. The van der Waals surface area contributed by atoms with Gasteiger partial charge in [-0.2, -0.15) is 0 Å². The summed E-state index contributed by atoms with van der Waals surface area (Å²) >= 11 is 0. The number of pyridine rings is 1. The molecule has 0 fully saturated rings. The summed E-state index contributed by atoms with van der Waals surface area (Å²) in [7, 11) is 2.05. The Labute approximate surface area is 259 Å². The molecule has 4 heteroatoms. The standard InChI is InChI=1S/C40H37N4/c1-5-43(27-22-28(2)3)39-34-14-8-6-12-32(34)38(33-13-7-9-15-35(33)39)29-18-20-30(21-19-29)40-41-36-16-10-11-17-37(36)44(40)31-23-25-42(4)26-24-31/h5-28,40-41H,1H2,2-4H3/q+1. The number of allylic oxidation sites excluding steroid dienone is 1. The lowest BCUT2D eigenvalue weighted by atomic mass is 9.89. The minimum atomic E-state index is -0.0149. The van der Waals surface area contributed by atoms with Crippen LogP contribution < -0.4 is 19.7 Å². The number of fused-ring (bicyclic) bond motifs is 3. The molecular weight excluding hydrogens is 536 g/mol. The van der Waals surface area contributed by atoms with Crippen LogP contribution in [0.25, 0.3) is 32.7 Å². The molecule has 0 aliphatic carbocycles. The van der Waals surface area contributed by atoms with Crippen molar-refractivity contribution >= 4 is 44.3 Å². The highest BCUT2D eigenvalue weighted by Gasteiger charge is 2.31. The predicted octanol–water partition coefficient (Wildman–Crippen LogP) is 9.87. The Bertz CT molecular complexity index is 1950. The minimum Gasteiger partial charge on any atom is -0.359 e. The van der Waals surface area contributed by atoms with Crippen molar-refractivity contribution in [3.05, 3.63) is 152 Å². The molecule has 4 nitrogen and oxygen atoms in total. The summed E-state index contributed by atoms with van der Waals surface area (Å²) in [6.45, 7) is 8.56. The van der Waals surface area contributed by atoms with E-state index in [0.29, 0.717) is 5.92 Å². The maximum absolute atomic E-state index is 4.17. The normalized spacial score (nSPS) is 14.4. The van der Waals surface area contributed by atoms with Crippen molar-refractivity contribution in [1.82, 2.24) is 0 Å². The molecule has 1 aliphatic heterocycles. The molecule has 0 radical (unpaired) electrons. The number of aromatic nitrogens is 1. The molecule has 1 unspecified atom stereocenters. The number of benzene rings is 5. The number of nitrogens with zero attached hydrogens (tertiary/aromatic N) is 3. The van der Waals surface area contributed by atoms with Crippen LogP contribution in [0.4, 0.5) is 22.7 Å². The van der Waals surface area contributed by atoms with Crippen LogP contribution in [-0.2, 0) is 7.05 Å². The van der Waals surface area contributed by atoms with Crippen molar-refractivity contribution in [2.75, 3.05) is 15.1 Å². The van der Waals surface area contributed by atoms with Crippen LogP contribution in [-0.4, -0.2) is 0 Å². The van der Waals surface area contributed by atoms with Crippen LogP contribution in [0.3, 0.4) is 0 Å². The fourth-order valence-corrected chi connectivity index (χ4v) is 6.35. The van der Waals surface area contributed by atoms with E-state index >= 15 is 0 Å². The molecule has 1 atom stereocenters. The lowest BCUT2D eigenvalue weighted by Crippen LogP contribution is -2.28. The number of aryl methyl sites for hydroxylation is 1. The summed E-state index contributed by atoms with van der Waals surface area (Å²) in [6, 6.07) is 39.5. The Morgan fingerprint density at radius 2 is 1.36 bits per heavy atom. The fraction of sp³-hybridized carbons (Fsp3) is 0.125. The summed E-state index contributed by atoms with van der Waals surface area (Å²) in [5, 5.41) is 8.64. The summed E-state index contributed by atoms with van der Waals surface area (Å²) < 4.78 is 2.07. The first-order chi connectivity index (χ1) is 21.5. The third-order valence-electron chi connectivity index (χ3n) is 8.46. The zero-order chi connectivity index (χ0) is 30.2. The van der Waals surface area contributed by atoms with Crippen molar-refractivity contribution in [3.8, 4) is 11.1 Å². The number of hydrogen-bond donors (Lipinski definition) is 1. The maximum atomic E-state index is 4.17. The lowest BCUT2D eigenvalue weighted by Gasteiger charge is -2.27. The van der Waals surface area contributed by atoms with Crippen LogP contribution in [0.15, 0.2) is 147 Å². The maximum Gasteiger partial charge on any atom is 0.170 e. The van der Waals surface area contributed by atoms with Gasteiger partial charge in [0.2, 0.25) is 0 Å². The van der Waals surface area contributed by atoms with Gasteiger partial charge in [-0.1, -0.05) is 111 Å². The molecule has 0 bridgehead atoms. The molecule has 0 amide bonds. The van der Waals surface area contributed by atoms with Crippen molar-refractivity contribution in [2.24, 2.45) is 13.0 Å². The molecule has 5 aromatic carbocycles. The lowest BCUT2D eigenvalue weighted by molar-refractivity contribution is -0.671. The largest absolute Gasteiger partial charge is 0.359 e. The summed E-state index contributed by atoms with van der Waals surface area (Å²) in [5.41, 5.74) is 8.29. The van der Waals surface area contributed by atoms with Gasteiger partial charge in [0.15, 0.2) is 12.4 Å². The molecule has 1 N–H and O–H groups in total. The van der Waals surface area contributed by atoms with Crippen LogP contribution in [0.5, 0.6) is 0 Å². The number of hydrogen-bond acceptors (Lipinski definition) is 3. The molecule has 1 aromatic heterocycles. The van der Waals surface area contributed by atoms with Crippen molar-refractivity contribution in [2.45, 2.75) is 20.0 Å². The summed E-state index contributed by atoms with van der Waals surface area (Å²) in [5.74, 6) is 0.440. The number of nitrogens with one attached hydrogen (secondary N) is 1. The van der Waals surface area contributed by atoms with Gasteiger partial charge in [-0.25, -0.2) is 4.57 Å². The molecule has 6 aromatic rings. The molecule has 44 heavy (non-hydrogen) atoms.